The van der Waals surface area contributed by atoms with Crippen molar-refractivity contribution in [3.05, 3.63) is 59.7 Å². The first-order valence-electron chi connectivity index (χ1n) is 10.6. The van der Waals surface area contributed by atoms with Crippen molar-refractivity contribution < 1.29 is 15.9 Å². The van der Waals surface area contributed by atoms with E-state index in [-0.39, 0.29) is 0 Å². The van der Waals surface area contributed by atoms with Crippen LogP contribution in [0, 0.1) is 0 Å². The number of nitrogens with one attached hydrogen (secondary N) is 2. The number of anilines is 2. The third-order valence-corrected chi connectivity index (χ3v) is 13.9. The van der Waals surface area contributed by atoms with Gasteiger partial charge in [0.05, 0.1) is 0 Å². The first-order valence-corrected chi connectivity index (χ1v) is 16.9. The second-order valence-electron chi connectivity index (χ2n) is 7.44. The van der Waals surface area contributed by atoms with Crippen LogP contribution in [0.1, 0.15) is 60.2 Å². The summed E-state index contributed by atoms with van der Waals surface area (Å²) in [4.78, 5) is 25.1. The van der Waals surface area contributed by atoms with Crippen LogP contribution in [0.3, 0.4) is 0 Å². The van der Waals surface area contributed by atoms with Gasteiger partial charge in [0.25, 0.3) is 0 Å². The van der Waals surface area contributed by atoms with Crippen molar-refractivity contribution in [3.8, 4) is 0 Å². The molecular weight excluding hydrogens is 503 g/mol. The number of rotatable bonds is 12. The van der Waals surface area contributed by atoms with Crippen LogP contribution in [-0.2, 0) is 6.35 Å². The van der Waals surface area contributed by atoms with Gasteiger partial charge in [-0.25, -0.2) is 0 Å². The zero-order valence-electron chi connectivity index (χ0n) is 18.1. The summed E-state index contributed by atoms with van der Waals surface area (Å²) in [5.74, 6) is -0.792. The zero-order chi connectivity index (χ0) is 22.7. The van der Waals surface area contributed by atoms with Crippen LogP contribution in [0.4, 0.5) is 11.4 Å². The number of carbonyl (C=O) groups excluding carboxylic acids is 2. The first-order chi connectivity index (χ1) is 14.9. The Balaban J connectivity index is 2.14. The van der Waals surface area contributed by atoms with Gasteiger partial charge in [-0.15, -0.1) is 0 Å². The molecule has 0 saturated carbocycles. The van der Waals surface area contributed by atoms with Gasteiger partial charge >= 0.3 is 189 Å². The standard InChI is InChI=1S/2C7H7N2O2.2C4H9.Sn/c2*8-6-3-1-2-5(4-6)7(10)9-11;2*1-3-4-2;/h2*1-4H,8H2,(H-,9,10,11);2*1,3-4H2,2H3;/q2*-1;;;+2. The van der Waals surface area contributed by atoms with Crippen molar-refractivity contribution in [2.45, 2.75) is 48.4 Å². The van der Waals surface area contributed by atoms with E-state index in [1.165, 1.54) is 0 Å². The van der Waals surface area contributed by atoms with Crippen LogP contribution in [0.25, 0.3) is 0 Å². The molecule has 0 bridgehead atoms. The van der Waals surface area contributed by atoms with Gasteiger partial charge in [-0.1, -0.05) is 0 Å². The van der Waals surface area contributed by atoms with Gasteiger partial charge < -0.3 is 0 Å². The van der Waals surface area contributed by atoms with E-state index < -0.39 is 31.0 Å². The summed E-state index contributed by atoms with van der Waals surface area (Å²) < 4.78 is 13.4. The van der Waals surface area contributed by atoms with Gasteiger partial charge in [-0.2, -0.15) is 0 Å². The van der Waals surface area contributed by atoms with Crippen molar-refractivity contribution in [2.24, 2.45) is 0 Å². The minimum atomic E-state index is -3.89. The molecule has 0 aromatic heterocycles. The number of benzene rings is 2. The van der Waals surface area contributed by atoms with Gasteiger partial charge in [-0.3, -0.25) is 0 Å². The van der Waals surface area contributed by atoms with Crippen molar-refractivity contribution in [1.29, 1.82) is 0 Å². The SMILES string of the molecule is CCC[CH2][Sn]([CH2]CCC)([O]NC(=O)c1cccc(N)c1)[O]NC(=O)c1cccc(N)c1. The molecule has 0 heterocycles. The Kier molecular flexibility index (Phi) is 10.1. The van der Waals surface area contributed by atoms with E-state index in [4.69, 9.17) is 17.8 Å². The van der Waals surface area contributed by atoms with Gasteiger partial charge in [0.2, 0.25) is 0 Å². The van der Waals surface area contributed by atoms with Crippen LogP contribution in [0.15, 0.2) is 48.5 Å². The molecule has 0 saturated heterocycles. The molecule has 6 N–H and O–H groups in total. The molecule has 168 valence electrons. The normalized spacial score (nSPS) is 11.2. The van der Waals surface area contributed by atoms with Crippen molar-refractivity contribution in [1.82, 2.24) is 11.0 Å². The van der Waals surface area contributed by atoms with E-state index in [0.717, 1.165) is 25.7 Å². The second-order valence-corrected chi connectivity index (χ2v) is 16.7. The molecule has 0 spiro atoms. The number of amides is 2. The summed E-state index contributed by atoms with van der Waals surface area (Å²) in [6.07, 6.45) is 3.65. The fraction of sp³-hybridized carbons (Fsp3) is 0.364. The van der Waals surface area contributed by atoms with Gasteiger partial charge in [-0.05, 0) is 0 Å². The molecule has 0 aliphatic rings. The Morgan fingerprint density at radius 2 is 1.23 bits per heavy atom. The quantitative estimate of drug-likeness (QED) is 0.185. The molecule has 0 radical (unpaired) electrons. The van der Waals surface area contributed by atoms with Gasteiger partial charge in [0.15, 0.2) is 0 Å². The van der Waals surface area contributed by atoms with E-state index >= 15 is 0 Å². The Morgan fingerprint density at radius 1 is 0.806 bits per heavy atom. The second kappa shape index (κ2) is 12.5. The fourth-order valence-electron chi connectivity index (χ4n) is 3.00. The molecule has 8 nitrogen and oxygen atoms in total. The summed E-state index contributed by atoms with van der Waals surface area (Å²) >= 11 is -3.89. The Bertz CT molecular complexity index is 807. The maximum absolute atomic E-state index is 12.6. The number of nitrogen functional groups attached to an aromatic ring is 2. The molecule has 0 aliphatic heterocycles. The topological polar surface area (TPSA) is 129 Å². The molecule has 2 aromatic carbocycles. The maximum atomic E-state index is 12.6. The fourth-order valence-corrected chi connectivity index (χ4v) is 11.7. The number of unbranched alkanes of at least 4 members (excludes halogenated alkanes) is 2. The van der Waals surface area contributed by atoms with E-state index in [0.29, 0.717) is 31.4 Å². The molecule has 0 unspecified atom stereocenters. The third-order valence-electron chi connectivity index (χ3n) is 4.78. The third kappa shape index (κ3) is 8.04. The van der Waals surface area contributed by atoms with E-state index in [9.17, 15) is 9.59 Å². The molecule has 2 rings (SSSR count). The van der Waals surface area contributed by atoms with Crippen LogP contribution in [0.5, 0.6) is 0 Å². The van der Waals surface area contributed by atoms with Gasteiger partial charge in [0.1, 0.15) is 0 Å². The van der Waals surface area contributed by atoms with Crippen LogP contribution >= 0.6 is 0 Å². The monoisotopic (exact) mass is 536 g/mol. The molecule has 0 aliphatic carbocycles. The predicted octanol–water partition coefficient (Wildman–Crippen LogP) is 3.92. The van der Waals surface area contributed by atoms with Crippen molar-refractivity contribution >= 4 is 42.4 Å². The van der Waals surface area contributed by atoms with E-state index in [2.05, 4.69) is 24.8 Å². The van der Waals surface area contributed by atoms with Crippen LogP contribution in [0.2, 0.25) is 8.87 Å². The van der Waals surface area contributed by atoms with Gasteiger partial charge in [0, 0.05) is 0 Å². The van der Waals surface area contributed by atoms with E-state index in [1.807, 2.05) is 0 Å². The Morgan fingerprint density at radius 3 is 1.58 bits per heavy atom. The summed E-state index contributed by atoms with van der Waals surface area (Å²) in [6.45, 7) is 4.15. The number of hydrogen-bond acceptors (Lipinski definition) is 6. The summed E-state index contributed by atoms with van der Waals surface area (Å²) in [7, 11) is 0. The summed E-state index contributed by atoms with van der Waals surface area (Å²) in [5.41, 5.74) is 18.4. The predicted molar refractivity (Wildman–Crippen MR) is 124 cm³/mol. The number of carbonyl (C=O) groups is 2. The van der Waals surface area contributed by atoms with Crippen LogP contribution < -0.4 is 22.4 Å². The first kappa shape index (κ1) is 25.0. The zero-order valence-corrected chi connectivity index (χ0v) is 21.0. The molecule has 31 heavy (non-hydrogen) atoms. The number of nitrogens with two attached hydrogens (primary N) is 2. The minimum absolute atomic E-state index is 0.396. The molecular formula is C22H32N4O4Sn. The Labute approximate surface area is 188 Å². The van der Waals surface area contributed by atoms with E-state index in [1.54, 1.807) is 48.5 Å². The summed E-state index contributed by atoms with van der Waals surface area (Å²) in [6, 6.07) is 13.3. The molecule has 2 amide bonds. The molecule has 9 heteroatoms. The number of hydroxylamine groups is 2. The molecule has 0 atom stereocenters. The molecule has 2 aromatic rings. The average Bonchev–Trinajstić information content (AvgIpc) is 2.77. The van der Waals surface area contributed by atoms with Crippen LogP contribution in [-0.4, -0.2) is 31.0 Å². The molecule has 0 fully saturated rings. The summed E-state index contributed by atoms with van der Waals surface area (Å²) in [5, 5.41) is 0. The average molecular weight is 535 g/mol. The Hall–Kier alpha value is -2.30. The van der Waals surface area contributed by atoms with Crippen molar-refractivity contribution in [3.63, 3.8) is 0 Å². The number of hydrogen-bond donors (Lipinski definition) is 4. The van der Waals surface area contributed by atoms with Crippen molar-refractivity contribution in [2.75, 3.05) is 11.5 Å².